The minimum Gasteiger partial charge on any atom is -0.481 e. The first-order chi connectivity index (χ1) is 13.5. The maximum Gasteiger partial charge on any atom is 0.303 e. The maximum absolute atomic E-state index is 10.5. The summed E-state index contributed by atoms with van der Waals surface area (Å²) in [6, 6.07) is 9.99. The molecule has 1 aliphatic carbocycles. The molecule has 0 amide bonds. The number of unbranched alkanes of at least 4 members (excludes halogenated alkanes) is 1. The van der Waals surface area contributed by atoms with Gasteiger partial charge in [-0.1, -0.05) is 54.6 Å². The van der Waals surface area contributed by atoms with Gasteiger partial charge in [-0.15, -0.1) is 0 Å². The standard InChI is InChI=1S/C23H32O5/c24-18(13-12-17-8-4-3-5-9-17)14-15-20-19(21(25)16-22(20)26)10-6-1-2-7-11-23(27)28/h1,3-6,8-9,14-15,18-22,24-26H,2,7,10-13,16H2,(H,27,28)/b6-1-,15-14+/t18-,19+,20+,21-,22-/m0/s1. The number of aliphatic hydroxyl groups excluding tert-OH is 3. The van der Waals surface area contributed by atoms with Crippen molar-refractivity contribution in [3.05, 3.63) is 60.2 Å². The van der Waals surface area contributed by atoms with Crippen molar-refractivity contribution in [1.29, 1.82) is 0 Å². The molecule has 5 nitrogen and oxygen atoms in total. The van der Waals surface area contributed by atoms with Crippen LogP contribution in [0.5, 0.6) is 0 Å². The highest BCUT2D eigenvalue weighted by Gasteiger charge is 2.39. The maximum atomic E-state index is 10.5. The second-order valence-corrected chi connectivity index (χ2v) is 7.58. The highest BCUT2D eigenvalue weighted by Crippen LogP contribution is 2.36. The lowest BCUT2D eigenvalue weighted by Gasteiger charge is -2.19. The molecule has 1 aliphatic rings. The zero-order valence-electron chi connectivity index (χ0n) is 16.2. The average Bonchev–Trinajstić information content (AvgIpc) is 2.94. The molecule has 1 saturated carbocycles. The topological polar surface area (TPSA) is 98.0 Å². The molecule has 0 saturated heterocycles. The highest BCUT2D eigenvalue weighted by molar-refractivity contribution is 5.66. The third-order valence-electron chi connectivity index (χ3n) is 5.38. The monoisotopic (exact) mass is 388 g/mol. The molecular formula is C23H32O5. The Morgan fingerprint density at radius 1 is 1.14 bits per heavy atom. The number of aliphatic carboxylic acids is 1. The van der Waals surface area contributed by atoms with E-state index in [4.69, 9.17) is 5.11 Å². The largest absolute Gasteiger partial charge is 0.481 e. The Bertz CT molecular complexity index is 640. The molecule has 0 aromatic heterocycles. The zero-order chi connectivity index (χ0) is 20.4. The Labute approximate surface area is 167 Å². The van der Waals surface area contributed by atoms with Gasteiger partial charge in [-0.05, 0) is 43.6 Å². The molecule has 0 bridgehead atoms. The molecule has 1 aromatic rings. The second kappa shape index (κ2) is 11.8. The number of benzene rings is 1. The lowest BCUT2D eigenvalue weighted by molar-refractivity contribution is -0.137. The SMILES string of the molecule is O=C(O)CCC/C=C\C[C@@H]1[C@@H](/C=C/[C@@H](O)CCc2ccccc2)[C@@H](O)C[C@@H]1O. The van der Waals surface area contributed by atoms with Crippen LogP contribution in [0.3, 0.4) is 0 Å². The molecule has 154 valence electrons. The molecule has 5 heteroatoms. The van der Waals surface area contributed by atoms with Crippen LogP contribution >= 0.6 is 0 Å². The number of carboxylic acid groups (broad SMARTS) is 1. The number of hydrogen-bond acceptors (Lipinski definition) is 4. The third-order valence-corrected chi connectivity index (χ3v) is 5.38. The Kier molecular flexibility index (Phi) is 9.41. The van der Waals surface area contributed by atoms with Crippen LogP contribution in [0, 0.1) is 11.8 Å². The van der Waals surface area contributed by atoms with Gasteiger partial charge in [-0.2, -0.15) is 0 Å². The molecule has 5 atom stereocenters. The molecule has 0 spiro atoms. The fraction of sp³-hybridized carbons (Fsp3) is 0.522. The quantitative estimate of drug-likeness (QED) is 0.345. The summed E-state index contributed by atoms with van der Waals surface area (Å²) in [5, 5.41) is 39.4. The van der Waals surface area contributed by atoms with Gasteiger partial charge in [0, 0.05) is 18.8 Å². The van der Waals surface area contributed by atoms with Crippen LogP contribution in [-0.4, -0.2) is 44.7 Å². The van der Waals surface area contributed by atoms with Crippen LogP contribution in [0.2, 0.25) is 0 Å². The number of aliphatic hydroxyl groups is 3. The van der Waals surface area contributed by atoms with Crippen molar-refractivity contribution in [2.45, 2.75) is 63.3 Å². The van der Waals surface area contributed by atoms with E-state index in [1.165, 1.54) is 5.56 Å². The summed E-state index contributed by atoms with van der Waals surface area (Å²) in [7, 11) is 0. The predicted molar refractivity (Wildman–Crippen MR) is 109 cm³/mol. The van der Waals surface area contributed by atoms with E-state index in [0.717, 1.165) is 6.42 Å². The number of aryl methyl sites for hydroxylation is 1. The first kappa shape index (κ1) is 22.3. The van der Waals surface area contributed by atoms with Crippen LogP contribution in [0.1, 0.15) is 44.1 Å². The summed E-state index contributed by atoms with van der Waals surface area (Å²) in [5.41, 5.74) is 1.18. The van der Waals surface area contributed by atoms with Gasteiger partial charge < -0.3 is 20.4 Å². The Balaban J connectivity index is 1.82. The van der Waals surface area contributed by atoms with E-state index in [1.807, 2.05) is 48.6 Å². The summed E-state index contributed by atoms with van der Waals surface area (Å²) in [6.07, 6.45) is 9.51. The molecular weight excluding hydrogens is 356 g/mol. The van der Waals surface area contributed by atoms with E-state index < -0.39 is 24.3 Å². The molecule has 0 heterocycles. The van der Waals surface area contributed by atoms with E-state index in [-0.39, 0.29) is 18.3 Å². The van der Waals surface area contributed by atoms with E-state index in [9.17, 15) is 20.1 Å². The van der Waals surface area contributed by atoms with Gasteiger partial charge in [0.05, 0.1) is 18.3 Å². The van der Waals surface area contributed by atoms with E-state index in [0.29, 0.717) is 32.1 Å². The van der Waals surface area contributed by atoms with Gasteiger partial charge in [-0.3, -0.25) is 4.79 Å². The minimum atomic E-state index is -0.793. The molecule has 0 unspecified atom stereocenters. The number of carboxylic acids is 1. The first-order valence-corrected chi connectivity index (χ1v) is 10.1. The van der Waals surface area contributed by atoms with Crippen molar-refractivity contribution in [1.82, 2.24) is 0 Å². The molecule has 28 heavy (non-hydrogen) atoms. The van der Waals surface area contributed by atoms with Crippen molar-refractivity contribution in [3.63, 3.8) is 0 Å². The molecule has 2 rings (SSSR count). The summed E-state index contributed by atoms with van der Waals surface area (Å²) in [4.78, 5) is 10.5. The van der Waals surface area contributed by atoms with Gasteiger partial charge in [-0.25, -0.2) is 0 Å². The number of rotatable bonds is 11. The number of hydrogen-bond donors (Lipinski definition) is 4. The zero-order valence-corrected chi connectivity index (χ0v) is 16.2. The van der Waals surface area contributed by atoms with Gasteiger partial charge >= 0.3 is 5.97 Å². The fourth-order valence-corrected chi connectivity index (χ4v) is 3.76. The van der Waals surface area contributed by atoms with Crippen LogP contribution in [0.4, 0.5) is 0 Å². The predicted octanol–water partition coefficient (Wildman–Crippen LogP) is 3.10. The summed E-state index contributed by atoms with van der Waals surface area (Å²) < 4.78 is 0. The third kappa shape index (κ3) is 7.58. The Hall–Kier alpha value is -1.95. The first-order valence-electron chi connectivity index (χ1n) is 10.1. The van der Waals surface area contributed by atoms with Crippen molar-refractivity contribution in [2.75, 3.05) is 0 Å². The lowest BCUT2D eigenvalue weighted by atomic mass is 9.89. The second-order valence-electron chi connectivity index (χ2n) is 7.58. The molecule has 1 fully saturated rings. The van der Waals surface area contributed by atoms with Crippen molar-refractivity contribution < 1.29 is 25.2 Å². The van der Waals surface area contributed by atoms with Gasteiger partial charge in [0.25, 0.3) is 0 Å². The van der Waals surface area contributed by atoms with E-state index in [1.54, 1.807) is 6.08 Å². The van der Waals surface area contributed by atoms with Gasteiger partial charge in [0.1, 0.15) is 0 Å². The van der Waals surface area contributed by atoms with Gasteiger partial charge in [0.2, 0.25) is 0 Å². The molecule has 1 aromatic carbocycles. The summed E-state index contributed by atoms with van der Waals surface area (Å²) >= 11 is 0. The van der Waals surface area contributed by atoms with E-state index in [2.05, 4.69) is 0 Å². The van der Waals surface area contributed by atoms with Crippen molar-refractivity contribution in [2.24, 2.45) is 11.8 Å². The number of carbonyl (C=O) groups is 1. The lowest BCUT2D eigenvalue weighted by Crippen LogP contribution is -2.20. The Morgan fingerprint density at radius 2 is 1.89 bits per heavy atom. The molecule has 4 N–H and O–H groups in total. The molecule has 0 radical (unpaired) electrons. The van der Waals surface area contributed by atoms with Crippen molar-refractivity contribution >= 4 is 5.97 Å². The molecule has 0 aliphatic heterocycles. The summed E-state index contributed by atoms with van der Waals surface area (Å²) in [6.45, 7) is 0. The number of allylic oxidation sites excluding steroid dienone is 2. The minimum absolute atomic E-state index is 0.0942. The van der Waals surface area contributed by atoms with Crippen molar-refractivity contribution in [3.8, 4) is 0 Å². The normalized spacial score (nSPS) is 26.2. The fourth-order valence-electron chi connectivity index (χ4n) is 3.76. The Morgan fingerprint density at radius 3 is 2.61 bits per heavy atom. The highest BCUT2D eigenvalue weighted by atomic mass is 16.4. The van der Waals surface area contributed by atoms with Gasteiger partial charge in [0.15, 0.2) is 0 Å². The van der Waals surface area contributed by atoms with Crippen LogP contribution < -0.4 is 0 Å². The van der Waals surface area contributed by atoms with Crippen LogP contribution in [0.15, 0.2) is 54.6 Å². The smallest absolute Gasteiger partial charge is 0.303 e. The van der Waals surface area contributed by atoms with Crippen LogP contribution in [0.25, 0.3) is 0 Å². The van der Waals surface area contributed by atoms with Crippen LogP contribution in [-0.2, 0) is 11.2 Å². The summed E-state index contributed by atoms with van der Waals surface area (Å²) in [5.74, 6) is -1.08. The van der Waals surface area contributed by atoms with E-state index >= 15 is 0 Å². The average molecular weight is 389 g/mol.